The molecule has 0 heterocycles. The first-order valence-electron chi connectivity index (χ1n) is 26.8. The van der Waals surface area contributed by atoms with Gasteiger partial charge in [-0.15, -0.1) is 0 Å². The minimum atomic E-state index is -0.296. The van der Waals surface area contributed by atoms with Crippen LogP contribution in [0.1, 0.15) is 72.2 Å². The van der Waals surface area contributed by atoms with Crippen LogP contribution in [0.4, 0.5) is 45.5 Å². The number of fused-ring (bicyclic) bond motifs is 8. The third-order valence-corrected chi connectivity index (χ3v) is 13.5. The van der Waals surface area contributed by atoms with Crippen LogP contribution in [0.15, 0.2) is 211 Å². The second-order valence-electron chi connectivity index (χ2n) is 19.0. The van der Waals surface area contributed by atoms with Crippen LogP contribution in [-0.2, 0) is 35.3 Å². The fourth-order valence-corrected chi connectivity index (χ4v) is 9.49. The van der Waals surface area contributed by atoms with Crippen molar-refractivity contribution in [2.24, 2.45) is 40.9 Å². The van der Waals surface area contributed by atoms with Gasteiger partial charge in [0.1, 0.15) is 23.0 Å². The van der Waals surface area contributed by atoms with E-state index in [1.165, 1.54) is 0 Å². The molecule has 1 aliphatic carbocycles. The van der Waals surface area contributed by atoms with Gasteiger partial charge in [-0.1, -0.05) is 72.8 Å². The third-order valence-electron chi connectivity index (χ3n) is 13.5. The minimum Gasteiger partial charge on any atom is -0.507 e. The molecule has 9 rings (SSSR count). The molecule has 0 saturated heterocycles. The van der Waals surface area contributed by atoms with E-state index in [-0.39, 0.29) is 62.2 Å². The molecule has 2 amide bonds. The summed E-state index contributed by atoms with van der Waals surface area (Å²) in [5.41, 5.74) is 8.34. The van der Waals surface area contributed by atoms with Crippen LogP contribution in [0.3, 0.4) is 0 Å². The Balaban J connectivity index is 1.32. The Morgan fingerprint density at radius 1 is 0.350 bits per heavy atom. The first-order valence-corrected chi connectivity index (χ1v) is 26.8. The number of nitrogens with zero attached hydrogens (tertiary/aromatic N) is 10. The number of rotatable bonds is 18. The number of carbonyl (C=O) groups is 2. The Bertz CT molecular complexity index is 3240. The summed E-state index contributed by atoms with van der Waals surface area (Å²) in [5.74, 6) is 0.195. The summed E-state index contributed by atoms with van der Waals surface area (Å²) < 4.78 is 13.4. The number of azo groups is 4. The summed E-state index contributed by atoms with van der Waals surface area (Å²) in [6.45, 7) is 9.00. The third kappa shape index (κ3) is 14.1. The van der Waals surface area contributed by atoms with Gasteiger partial charge in [0.2, 0.25) is 0 Å². The molecule has 0 radical (unpaired) electrons. The van der Waals surface area contributed by atoms with E-state index < -0.39 is 0 Å². The molecule has 1 aliphatic rings. The molecule has 16 heteroatoms. The Labute approximate surface area is 465 Å². The van der Waals surface area contributed by atoms with Gasteiger partial charge >= 0.3 is 0 Å². The zero-order valence-corrected chi connectivity index (χ0v) is 45.2. The largest absolute Gasteiger partial charge is 0.507 e. The van der Waals surface area contributed by atoms with Gasteiger partial charge in [-0.05, 0) is 125 Å². The van der Waals surface area contributed by atoms with Crippen molar-refractivity contribution in [3.05, 3.63) is 214 Å². The molecule has 80 heavy (non-hydrogen) atoms. The number of aromatic hydroxyl groups is 2. The minimum absolute atomic E-state index is 0.0434. The maximum atomic E-state index is 13.8. The summed E-state index contributed by atoms with van der Waals surface area (Å²) in [7, 11) is 0. The summed E-state index contributed by atoms with van der Waals surface area (Å²) in [6, 6.07) is 51.8. The molecule has 0 unspecified atom stereocenters. The van der Waals surface area contributed by atoms with E-state index in [4.69, 9.17) is 29.9 Å². The summed E-state index contributed by atoms with van der Waals surface area (Å²) >= 11 is 0. The van der Waals surface area contributed by atoms with Gasteiger partial charge in [-0.25, -0.2) is 0 Å². The molecule has 0 atom stereocenters. The summed E-state index contributed by atoms with van der Waals surface area (Å²) in [6.07, 6.45) is 0.186. The molecule has 0 fully saturated rings. The van der Waals surface area contributed by atoms with Crippen LogP contribution in [0.25, 0.3) is 0 Å². The van der Waals surface area contributed by atoms with E-state index in [1.54, 1.807) is 34.1 Å². The Kier molecular flexibility index (Phi) is 18.3. The average molecular weight is 1070 g/mol. The first kappa shape index (κ1) is 55.1. The monoisotopic (exact) mass is 1070 g/mol. The maximum Gasteiger partial charge on any atom is 0.260 e. The molecule has 404 valence electrons. The highest BCUT2D eigenvalue weighted by Crippen LogP contribution is 2.44. The molecule has 0 aromatic heterocycles. The van der Waals surface area contributed by atoms with E-state index >= 15 is 0 Å². The highest BCUT2D eigenvalue weighted by Gasteiger charge is 2.25. The zero-order chi connectivity index (χ0) is 55.8. The predicted molar refractivity (Wildman–Crippen MR) is 310 cm³/mol. The van der Waals surface area contributed by atoms with Crippen molar-refractivity contribution in [2.45, 2.75) is 53.4 Å². The summed E-state index contributed by atoms with van der Waals surface area (Å²) in [5, 5.41) is 62.8. The molecule has 2 N–H and O–H groups in total. The van der Waals surface area contributed by atoms with Crippen molar-refractivity contribution in [2.75, 3.05) is 39.4 Å². The molecule has 0 aliphatic heterocycles. The zero-order valence-electron chi connectivity index (χ0n) is 45.2. The fourth-order valence-electron chi connectivity index (χ4n) is 9.49. The molecular formula is C64H62N10O6. The van der Waals surface area contributed by atoms with E-state index in [0.29, 0.717) is 128 Å². The molecule has 8 aromatic rings. The number of benzene rings is 8. The van der Waals surface area contributed by atoms with Crippen molar-refractivity contribution in [3.63, 3.8) is 0 Å². The number of phenolic OH excluding ortho intramolecular Hbond substituents is 2. The van der Waals surface area contributed by atoms with Crippen molar-refractivity contribution < 1.29 is 29.3 Å². The topological polar surface area (TPSA) is 198 Å². The van der Waals surface area contributed by atoms with Gasteiger partial charge in [0.05, 0.1) is 45.5 Å². The van der Waals surface area contributed by atoms with Crippen LogP contribution >= 0.6 is 0 Å². The average Bonchev–Trinajstić information content (AvgIpc) is 3.48. The lowest BCUT2D eigenvalue weighted by molar-refractivity contribution is -0.133. The van der Waals surface area contributed by atoms with Crippen LogP contribution in [-0.4, -0.2) is 71.2 Å². The van der Waals surface area contributed by atoms with Crippen LogP contribution in [0.5, 0.6) is 23.0 Å². The molecule has 8 aromatic carbocycles. The molecular weight excluding hydrogens is 1000 g/mol. The van der Waals surface area contributed by atoms with E-state index in [9.17, 15) is 19.8 Å². The molecule has 0 spiro atoms. The van der Waals surface area contributed by atoms with Gasteiger partial charge in [0, 0.05) is 96.4 Å². The van der Waals surface area contributed by atoms with Gasteiger partial charge in [0.25, 0.3) is 11.8 Å². The number of ether oxygens (including phenoxy) is 2. The van der Waals surface area contributed by atoms with Crippen LogP contribution in [0.2, 0.25) is 0 Å². The lowest BCUT2D eigenvalue weighted by Crippen LogP contribution is -2.34. The van der Waals surface area contributed by atoms with Gasteiger partial charge in [-0.3, -0.25) is 9.59 Å². The first-order chi connectivity index (χ1) is 39.1. The van der Waals surface area contributed by atoms with Gasteiger partial charge in [-0.2, -0.15) is 40.9 Å². The second-order valence-corrected chi connectivity index (χ2v) is 19.0. The van der Waals surface area contributed by atoms with Crippen molar-refractivity contribution in [1.29, 1.82) is 0 Å². The Hall–Kier alpha value is -9.70. The summed E-state index contributed by atoms with van der Waals surface area (Å²) in [4.78, 5) is 31.0. The van der Waals surface area contributed by atoms with E-state index in [0.717, 1.165) is 0 Å². The maximum absolute atomic E-state index is 13.8. The van der Waals surface area contributed by atoms with E-state index in [1.807, 2.05) is 173 Å². The fraction of sp³-hybridized carbons (Fsp3) is 0.219. The Morgan fingerprint density at radius 3 is 0.787 bits per heavy atom. The van der Waals surface area contributed by atoms with Gasteiger partial charge < -0.3 is 29.5 Å². The highest BCUT2D eigenvalue weighted by atomic mass is 16.5. The van der Waals surface area contributed by atoms with E-state index in [2.05, 4.69) is 20.5 Å². The number of likely N-dealkylation sites (N-methyl/N-ethyl adjacent to an activating group) is 2. The van der Waals surface area contributed by atoms with Crippen molar-refractivity contribution in [1.82, 2.24) is 9.80 Å². The van der Waals surface area contributed by atoms with Crippen LogP contribution in [0, 0.1) is 0 Å². The quantitative estimate of drug-likeness (QED) is 0.0801. The lowest BCUT2D eigenvalue weighted by atomic mass is 9.90. The standard InChI is InChI=1S/C64H62N10O6/c1-5-73(6-2)59(75)41-79-63-47-29-43-33-55(69-65-51-21-13-9-14-22-51)35-45(61(43)77)31-49-39-58(72-68-54-27-19-12-20-28-54)40-50(64(49)80-42-60(76)74(7-3)8-4)32-46-36-56(70-66-52-23-15-10-16-24-52)34-44(62(46)78)30-48(63)38-57(37-47)71-67-53-25-17-11-18-26-53/h9-28,33-40,77-78H,5-8,29-32,41-42H2,1-4H3. The second kappa shape index (κ2) is 26.6. The normalized spacial score (nSPS) is 12.3. The Morgan fingerprint density at radius 2 is 0.562 bits per heavy atom. The number of phenols is 2. The number of amides is 2. The molecule has 8 bridgehead atoms. The number of hydrogen-bond acceptors (Lipinski definition) is 14. The van der Waals surface area contributed by atoms with Gasteiger partial charge in [0.15, 0.2) is 13.2 Å². The predicted octanol–water partition coefficient (Wildman–Crippen LogP) is 15.9. The van der Waals surface area contributed by atoms with Crippen molar-refractivity contribution >= 4 is 57.3 Å². The van der Waals surface area contributed by atoms with Crippen molar-refractivity contribution in [3.8, 4) is 23.0 Å². The smallest absolute Gasteiger partial charge is 0.260 e. The number of carbonyl (C=O) groups excluding carboxylic acids is 2. The molecule has 16 nitrogen and oxygen atoms in total. The lowest BCUT2D eigenvalue weighted by Gasteiger charge is -2.23. The molecule has 0 saturated carbocycles. The highest BCUT2D eigenvalue weighted by molar-refractivity contribution is 5.78. The van der Waals surface area contributed by atoms with Crippen LogP contribution < -0.4 is 9.47 Å². The number of hydrogen-bond donors (Lipinski definition) is 2. The SMILES string of the molecule is CCN(CC)C(=O)COc1c2cc(N=Nc3ccccc3)cc1Cc1cc(N=Nc3ccccc3)cc(c1O)Cc1cc(N=Nc3ccccc3)cc(c1OCC(=O)N(CC)CC)Cc1cc(N=Nc3ccccc3)cc(c1O)C2.